The van der Waals surface area contributed by atoms with Crippen LogP contribution in [-0.4, -0.2) is 26.3 Å². The Hall–Kier alpha value is -3.80. The number of carbonyl (C=O) groups excluding carboxylic acids is 1. The Labute approximate surface area is 169 Å². The van der Waals surface area contributed by atoms with E-state index in [9.17, 15) is 4.79 Å². The summed E-state index contributed by atoms with van der Waals surface area (Å²) in [4.78, 5) is 12.3. The first-order valence-corrected chi connectivity index (χ1v) is 9.02. The first-order chi connectivity index (χ1) is 14.2. The lowest BCUT2D eigenvalue weighted by Gasteiger charge is -2.09. The van der Waals surface area contributed by atoms with Crippen molar-refractivity contribution in [2.24, 2.45) is 5.10 Å². The summed E-state index contributed by atoms with van der Waals surface area (Å²) in [7, 11) is 3.11. The van der Waals surface area contributed by atoms with Gasteiger partial charge in [0.2, 0.25) is 0 Å². The van der Waals surface area contributed by atoms with Gasteiger partial charge < -0.3 is 14.2 Å². The predicted octanol–water partition coefficient (Wildman–Crippen LogP) is 4.05. The first-order valence-electron chi connectivity index (χ1n) is 9.02. The summed E-state index contributed by atoms with van der Waals surface area (Å²) in [6, 6.07) is 22.2. The molecule has 3 rings (SSSR count). The van der Waals surface area contributed by atoms with Gasteiger partial charge in [0.15, 0.2) is 11.5 Å². The fourth-order valence-electron chi connectivity index (χ4n) is 2.68. The van der Waals surface area contributed by atoms with Crippen LogP contribution >= 0.6 is 0 Å². The van der Waals surface area contributed by atoms with Crippen molar-refractivity contribution in [1.82, 2.24) is 5.43 Å². The molecule has 29 heavy (non-hydrogen) atoms. The molecule has 0 fully saturated rings. The highest BCUT2D eigenvalue weighted by molar-refractivity contribution is 5.95. The normalized spacial score (nSPS) is 10.6. The Kier molecular flexibility index (Phi) is 6.84. The van der Waals surface area contributed by atoms with Crippen LogP contribution in [0.15, 0.2) is 77.9 Å². The molecule has 0 saturated carbocycles. The van der Waals surface area contributed by atoms with E-state index in [-0.39, 0.29) is 5.91 Å². The van der Waals surface area contributed by atoms with E-state index in [0.717, 1.165) is 5.56 Å². The molecule has 0 unspecified atom stereocenters. The topological polar surface area (TPSA) is 69.2 Å². The Morgan fingerprint density at radius 2 is 1.69 bits per heavy atom. The maximum absolute atomic E-state index is 12.3. The van der Waals surface area contributed by atoms with Gasteiger partial charge in [-0.05, 0) is 42.0 Å². The molecule has 0 aromatic heterocycles. The fraction of sp³-hybridized carbons (Fsp3) is 0.130. The Morgan fingerprint density at radius 1 is 0.931 bits per heavy atom. The Bertz CT molecular complexity index is 970. The van der Waals surface area contributed by atoms with Gasteiger partial charge in [0.25, 0.3) is 5.91 Å². The molecule has 0 aliphatic heterocycles. The summed E-state index contributed by atoms with van der Waals surface area (Å²) in [5.41, 5.74) is 4.76. The standard InChI is InChI=1S/C23H22N2O4/c1-27-21-10-6-9-19(22(21)28-2)15-24-25-23(26)18-11-13-20(14-12-18)29-16-17-7-4-3-5-8-17/h3-15H,16H2,1-2H3,(H,25,26)/b24-15-. The summed E-state index contributed by atoms with van der Waals surface area (Å²) >= 11 is 0. The molecule has 1 N–H and O–H groups in total. The monoisotopic (exact) mass is 390 g/mol. The first kappa shape index (κ1) is 19.9. The number of para-hydroxylation sites is 1. The maximum atomic E-state index is 12.3. The van der Waals surface area contributed by atoms with Crippen molar-refractivity contribution in [3.05, 3.63) is 89.5 Å². The zero-order valence-corrected chi connectivity index (χ0v) is 16.3. The third-order valence-electron chi connectivity index (χ3n) is 4.17. The molecular formula is C23H22N2O4. The number of hydrazone groups is 1. The van der Waals surface area contributed by atoms with Crippen LogP contribution < -0.4 is 19.6 Å². The average molecular weight is 390 g/mol. The summed E-state index contributed by atoms with van der Waals surface area (Å²) in [5.74, 6) is 1.51. The van der Waals surface area contributed by atoms with Crippen LogP contribution in [0.1, 0.15) is 21.5 Å². The molecule has 148 valence electrons. The molecule has 1 amide bonds. The fourth-order valence-corrected chi connectivity index (χ4v) is 2.68. The van der Waals surface area contributed by atoms with Crippen LogP contribution in [0.4, 0.5) is 0 Å². The molecule has 0 bridgehead atoms. The summed E-state index contributed by atoms with van der Waals surface area (Å²) in [6.45, 7) is 0.471. The minimum atomic E-state index is -0.322. The van der Waals surface area contributed by atoms with Gasteiger partial charge in [-0.1, -0.05) is 36.4 Å². The van der Waals surface area contributed by atoms with Crippen molar-refractivity contribution in [2.45, 2.75) is 6.61 Å². The van der Waals surface area contributed by atoms with E-state index in [1.807, 2.05) is 42.5 Å². The van der Waals surface area contributed by atoms with Crippen LogP contribution in [0.2, 0.25) is 0 Å². The second kappa shape index (κ2) is 9.94. The lowest BCUT2D eigenvalue weighted by molar-refractivity contribution is 0.0955. The number of nitrogens with one attached hydrogen (secondary N) is 1. The van der Waals surface area contributed by atoms with E-state index in [1.54, 1.807) is 44.6 Å². The third-order valence-corrected chi connectivity index (χ3v) is 4.17. The average Bonchev–Trinajstić information content (AvgIpc) is 2.78. The van der Waals surface area contributed by atoms with E-state index >= 15 is 0 Å². The van der Waals surface area contributed by atoms with E-state index in [0.29, 0.717) is 35.0 Å². The van der Waals surface area contributed by atoms with E-state index in [1.165, 1.54) is 6.21 Å². The van der Waals surface area contributed by atoms with Gasteiger partial charge in [-0.3, -0.25) is 4.79 Å². The van der Waals surface area contributed by atoms with Crippen molar-refractivity contribution in [1.29, 1.82) is 0 Å². The van der Waals surface area contributed by atoms with Crippen molar-refractivity contribution in [3.63, 3.8) is 0 Å². The molecule has 0 spiro atoms. The zero-order chi connectivity index (χ0) is 20.5. The SMILES string of the molecule is COc1cccc(/C=N\NC(=O)c2ccc(OCc3ccccc3)cc2)c1OC. The lowest BCUT2D eigenvalue weighted by Crippen LogP contribution is -2.17. The van der Waals surface area contributed by atoms with Gasteiger partial charge in [0.1, 0.15) is 12.4 Å². The van der Waals surface area contributed by atoms with E-state index in [4.69, 9.17) is 14.2 Å². The second-order valence-electron chi connectivity index (χ2n) is 6.08. The number of benzene rings is 3. The van der Waals surface area contributed by atoms with Gasteiger partial charge >= 0.3 is 0 Å². The molecular weight excluding hydrogens is 368 g/mol. The smallest absolute Gasteiger partial charge is 0.271 e. The van der Waals surface area contributed by atoms with Crippen molar-refractivity contribution >= 4 is 12.1 Å². The molecule has 0 heterocycles. The number of methoxy groups -OCH3 is 2. The molecule has 3 aromatic rings. The molecule has 0 saturated heterocycles. The Morgan fingerprint density at radius 3 is 2.38 bits per heavy atom. The number of hydrogen-bond acceptors (Lipinski definition) is 5. The highest BCUT2D eigenvalue weighted by Gasteiger charge is 2.08. The lowest BCUT2D eigenvalue weighted by atomic mass is 10.2. The molecule has 0 aliphatic carbocycles. The molecule has 3 aromatic carbocycles. The zero-order valence-electron chi connectivity index (χ0n) is 16.3. The summed E-state index contributed by atoms with van der Waals surface area (Å²) in [6.07, 6.45) is 1.51. The minimum Gasteiger partial charge on any atom is -0.493 e. The van der Waals surface area contributed by atoms with Gasteiger partial charge in [0, 0.05) is 11.1 Å². The molecule has 0 radical (unpaired) electrons. The van der Waals surface area contributed by atoms with Crippen LogP contribution in [0.5, 0.6) is 17.2 Å². The summed E-state index contributed by atoms with van der Waals surface area (Å²) in [5, 5.41) is 4.01. The maximum Gasteiger partial charge on any atom is 0.271 e. The number of hydrogen-bond donors (Lipinski definition) is 1. The predicted molar refractivity (Wildman–Crippen MR) is 112 cm³/mol. The van der Waals surface area contributed by atoms with Crippen LogP contribution in [0, 0.1) is 0 Å². The van der Waals surface area contributed by atoms with E-state index < -0.39 is 0 Å². The van der Waals surface area contributed by atoms with E-state index in [2.05, 4.69) is 10.5 Å². The van der Waals surface area contributed by atoms with Crippen molar-refractivity contribution in [3.8, 4) is 17.2 Å². The largest absolute Gasteiger partial charge is 0.493 e. The summed E-state index contributed by atoms with van der Waals surface area (Å²) < 4.78 is 16.3. The van der Waals surface area contributed by atoms with Crippen molar-refractivity contribution < 1.29 is 19.0 Å². The number of amides is 1. The van der Waals surface area contributed by atoms with Crippen LogP contribution in [0.25, 0.3) is 0 Å². The second-order valence-corrected chi connectivity index (χ2v) is 6.08. The van der Waals surface area contributed by atoms with Gasteiger partial charge in [-0.15, -0.1) is 0 Å². The highest BCUT2D eigenvalue weighted by Crippen LogP contribution is 2.29. The molecule has 0 aliphatic rings. The van der Waals surface area contributed by atoms with Gasteiger partial charge in [-0.25, -0.2) is 5.43 Å². The van der Waals surface area contributed by atoms with Crippen molar-refractivity contribution in [2.75, 3.05) is 14.2 Å². The molecule has 6 heteroatoms. The van der Waals surface area contributed by atoms with Gasteiger partial charge in [0.05, 0.1) is 20.4 Å². The highest BCUT2D eigenvalue weighted by atomic mass is 16.5. The van der Waals surface area contributed by atoms with Gasteiger partial charge in [-0.2, -0.15) is 5.10 Å². The van der Waals surface area contributed by atoms with Crippen LogP contribution in [-0.2, 0) is 6.61 Å². The van der Waals surface area contributed by atoms with Crippen LogP contribution in [0.3, 0.4) is 0 Å². The Balaban J connectivity index is 1.58. The number of ether oxygens (including phenoxy) is 3. The third kappa shape index (κ3) is 5.35. The molecule has 0 atom stereocenters. The number of rotatable bonds is 8. The number of carbonyl (C=O) groups is 1. The number of nitrogens with zero attached hydrogens (tertiary/aromatic N) is 1. The molecule has 6 nitrogen and oxygen atoms in total. The quantitative estimate of drug-likeness (QED) is 0.465. The minimum absolute atomic E-state index is 0.322.